The summed E-state index contributed by atoms with van der Waals surface area (Å²) in [5, 5.41) is 9.43. The van der Waals surface area contributed by atoms with Crippen LogP contribution in [0.5, 0.6) is 0 Å². The molecule has 0 radical (unpaired) electrons. The van der Waals surface area contributed by atoms with E-state index in [1.807, 2.05) is 19.1 Å². The van der Waals surface area contributed by atoms with Gasteiger partial charge in [-0.2, -0.15) is 5.10 Å². The number of rotatable bonds is 4. The van der Waals surface area contributed by atoms with Crippen LogP contribution in [-0.4, -0.2) is 27.8 Å². The summed E-state index contributed by atoms with van der Waals surface area (Å²) in [5.74, 6) is 0.252. The predicted molar refractivity (Wildman–Crippen MR) is 82.6 cm³/mol. The van der Waals surface area contributed by atoms with Crippen molar-refractivity contribution in [2.75, 3.05) is 5.32 Å². The fourth-order valence-corrected chi connectivity index (χ4v) is 2.99. The van der Waals surface area contributed by atoms with Gasteiger partial charge in [0, 0.05) is 17.8 Å². The Bertz CT molecular complexity index is 689. The van der Waals surface area contributed by atoms with Crippen molar-refractivity contribution in [3.8, 4) is 0 Å². The summed E-state index contributed by atoms with van der Waals surface area (Å²) in [6, 6.07) is 9.20. The topological polar surface area (TPSA) is 59.0 Å². The number of hydrogen-bond acceptors (Lipinski definition) is 2. The van der Waals surface area contributed by atoms with Crippen molar-refractivity contribution >= 4 is 11.8 Å². The Morgan fingerprint density at radius 1 is 1.30 bits per heavy atom. The Labute approximate surface area is 132 Å². The summed E-state index contributed by atoms with van der Waals surface area (Å²) in [5.41, 5.74) is 2.10. The highest BCUT2D eigenvalue weighted by Gasteiger charge is 2.34. The van der Waals surface area contributed by atoms with E-state index in [0.29, 0.717) is 0 Å². The van der Waals surface area contributed by atoms with Crippen LogP contribution in [0, 0.1) is 0 Å². The van der Waals surface area contributed by atoms with Gasteiger partial charge < -0.3 is 5.32 Å². The maximum absolute atomic E-state index is 12.3. The molecule has 2 aromatic rings. The maximum atomic E-state index is 12.3. The Morgan fingerprint density at radius 3 is 2.57 bits per heavy atom. The average molecular weight is 320 g/mol. The highest BCUT2D eigenvalue weighted by molar-refractivity contribution is 5.88. The normalized spacial score (nSPS) is 15.5. The second kappa shape index (κ2) is 5.98. The average Bonchev–Trinajstić information content (AvgIpc) is 3.00. The molecule has 0 fully saturated rings. The molecular formula is C16H18F2N4O. The van der Waals surface area contributed by atoms with E-state index in [9.17, 15) is 13.6 Å². The molecule has 23 heavy (non-hydrogen) atoms. The van der Waals surface area contributed by atoms with Gasteiger partial charge in [0.05, 0.1) is 0 Å². The first-order valence-electron chi connectivity index (χ1n) is 7.41. The fourth-order valence-electron chi connectivity index (χ4n) is 2.99. The summed E-state index contributed by atoms with van der Waals surface area (Å²) in [7, 11) is 0. The van der Waals surface area contributed by atoms with E-state index >= 15 is 0 Å². The molecule has 0 bridgehead atoms. The second-order valence-corrected chi connectivity index (χ2v) is 6.08. The zero-order valence-corrected chi connectivity index (χ0v) is 12.7. The number of fused-ring (bicyclic) bond motifs is 1. The number of anilines is 1. The van der Waals surface area contributed by atoms with Gasteiger partial charge in [-0.25, -0.2) is 13.6 Å². The quantitative estimate of drug-likeness (QED) is 0.910. The zero-order chi connectivity index (χ0) is 16.4. The van der Waals surface area contributed by atoms with Crippen molar-refractivity contribution in [2.24, 2.45) is 0 Å². The molecule has 2 N–H and O–H groups in total. The van der Waals surface area contributed by atoms with E-state index in [4.69, 9.17) is 0 Å². The van der Waals surface area contributed by atoms with Gasteiger partial charge in [-0.1, -0.05) is 24.3 Å². The van der Waals surface area contributed by atoms with Gasteiger partial charge in [-0.05, 0) is 30.9 Å². The Balaban J connectivity index is 1.59. The number of nitrogens with zero attached hydrogens (tertiary/aromatic N) is 2. The number of nitrogens with one attached hydrogen (secondary N) is 2. The van der Waals surface area contributed by atoms with E-state index in [1.165, 1.54) is 23.4 Å². The van der Waals surface area contributed by atoms with Gasteiger partial charge in [0.2, 0.25) is 0 Å². The predicted octanol–water partition coefficient (Wildman–Crippen LogP) is 2.83. The lowest BCUT2D eigenvalue weighted by Gasteiger charge is -2.25. The molecule has 3 rings (SSSR count). The van der Waals surface area contributed by atoms with Gasteiger partial charge in [0.25, 0.3) is 6.43 Å². The third kappa shape index (κ3) is 3.67. The Morgan fingerprint density at radius 2 is 1.96 bits per heavy atom. The van der Waals surface area contributed by atoms with Crippen LogP contribution in [0.4, 0.5) is 19.4 Å². The molecule has 122 valence electrons. The van der Waals surface area contributed by atoms with Crippen LogP contribution in [0.1, 0.15) is 18.1 Å². The van der Waals surface area contributed by atoms with Crippen molar-refractivity contribution in [1.29, 1.82) is 0 Å². The molecule has 1 aliphatic rings. The highest BCUT2D eigenvalue weighted by Crippen LogP contribution is 2.29. The van der Waals surface area contributed by atoms with Crippen LogP contribution in [0.2, 0.25) is 0 Å². The number of aromatic nitrogens is 2. The summed E-state index contributed by atoms with van der Waals surface area (Å²) in [6.45, 7) is 1.50. The lowest BCUT2D eigenvalue weighted by molar-refractivity contribution is 0.122. The van der Waals surface area contributed by atoms with E-state index in [-0.39, 0.29) is 17.4 Å². The number of hydrogen-bond donors (Lipinski definition) is 2. The number of amides is 2. The first-order valence-corrected chi connectivity index (χ1v) is 7.41. The van der Waals surface area contributed by atoms with Crippen LogP contribution in [0.25, 0.3) is 0 Å². The van der Waals surface area contributed by atoms with Crippen molar-refractivity contribution in [1.82, 2.24) is 15.1 Å². The number of carbonyl (C=O) groups is 1. The largest absolute Gasteiger partial charge is 0.332 e. The molecule has 0 spiro atoms. The van der Waals surface area contributed by atoms with Crippen LogP contribution >= 0.6 is 0 Å². The smallest absolute Gasteiger partial charge is 0.320 e. The molecule has 0 aliphatic heterocycles. The molecule has 5 nitrogen and oxygen atoms in total. The highest BCUT2D eigenvalue weighted by atomic mass is 19.3. The maximum Gasteiger partial charge on any atom is 0.320 e. The second-order valence-electron chi connectivity index (χ2n) is 6.08. The van der Waals surface area contributed by atoms with E-state index < -0.39 is 13.0 Å². The molecule has 7 heteroatoms. The van der Waals surface area contributed by atoms with E-state index in [2.05, 4.69) is 27.9 Å². The van der Waals surface area contributed by atoms with Crippen molar-refractivity contribution in [3.05, 3.63) is 47.7 Å². The molecule has 1 heterocycles. The number of carbonyl (C=O) groups excluding carboxylic acids is 1. The summed E-state index contributed by atoms with van der Waals surface area (Å²) >= 11 is 0. The minimum Gasteiger partial charge on any atom is -0.332 e. The molecule has 2 amide bonds. The van der Waals surface area contributed by atoms with E-state index in [0.717, 1.165) is 17.5 Å². The minimum atomic E-state index is -2.48. The first kappa shape index (κ1) is 15.5. The number of benzene rings is 1. The molecule has 1 aromatic carbocycles. The SMILES string of the molecule is CC1(NC(=O)Nc2ccn(CC(F)F)n2)Cc2ccccc2C1. The number of alkyl halides is 2. The number of urea groups is 1. The van der Waals surface area contributed by atoms with Crippen LogP contribution < -0.4 is 10.6 Å². The lowest BCUT2D eigenvalue weighted by Crippen LogP contribution is -2.48. The molecule has 1 aliphatic carbocycles. The fraction of sp³-hybridized carbons (Fsp3) is 0.375. The lowest BCUT2D eigenvalue weighted by atomic mass is 9.99. The Kier molecular flexibility index (Phi) is 4.02. The van der Waals surface area contributed by atoms with Crippen molar-refractivity contribution in [3.63, 3.8) is 0 Å². The van der Waals surface area contributed by atoms with Crippen LogP contribution in [-0.2, 0) is 19.4 Å². The third-order valence-electron chi connectivity index (χ3n) is 3.90. The van der Waals surface area contributed by atoms with Gasteiger partial charge in [-0.15, -0.1) is 0 Å². The van der Waals surface area contributed by atoms with Gasteiger partial charge in [-0.3, -0.25) is 10.00 Å². The third-order valence-corrected chi connectivity index (χ3v) is 3.90. The standard InChI is InChI=1S/C16H18F2N4O/c1-16(8-11-4-2-3-5-12(11)9-16)20-15(23)19-14-6-7-22(21-14)10-13(17)18/h2-7,13H,8-10H2,1H3,(H2,19,20,21,23). The molecule has 0 saturated heterocycles. The number of halogens is 2. The van der Waals surface area contributed by atoms with Crippen molar-refractivity contribution < 1.29 is 13.6 Å². The molecule has 0 atom stereocenters. The first-order chi connectivity index (χ1) is 10.9. The van der Waals surface area contributed by atoms with Gasteiger partial charge in [0.15, 0.2) is 5.82 Å². The van der Waals surface area contributed by atoms with Gasteiger partial charge in [0.1, 0.15) is 6.54 Å². The Hall–Kier alpha value is -2.44. The van der Waals surface area contributed by atoms with E-state index in [1.54, 1.807) is 0 Å². The van der Waals surface area contributed by atoms with Crippen LogP contribution in [0.3, 0.4) is 0 Å². The monoisotopic (exact) mass is 320 g/mol. The summed E-state index contributed by atoms with van der Waals surface area (Å²) in [6.07, 6.45) is 0.453. The zero-order valence-electron chi connectivity index (χ0n) is 12.7. The summed E-state index contributed by atoms with van der Waals surface area (Å²) < 4.78 is 25.7. The van der Waals surface area contributed by atoms with Crippen LogP contribution in [0.15, 0.2) is 36.5 Å². The molecular weight excluding hydrogens is 302 g/mol. The molecule has 0 unspecified atom stereocenters. The minimum absolute atomic E-state index is 0.252. The van der Waals surface area contributed by atoms with Crippen molar-refractivity contribution in [2.45, 2.75) is 38.3 Å². The molecule has 0 saturated carbocycles. The van der Waals surface area contributed by atoms with Gasteiger partial charge >= 0.3 is 6.03 Å². The molecule has 1 aromatic heterocycles. The summed E-state index contributed by atoms with van der Waals surface area (Å²) in [4.78, 5) is 12.1.